The van der Waals surface area contributed by atoms with Gasteiger partial charge in [-0.25, -0.2) is 4.98 Å². The van der Waals surface area contributed by atoms with Crippen molar-refractivity contribution in [3.8, 4) is 0 Å². The Morgan fingerprint density at radius 1 is 1.35 bits per heavy atom. The van der Waals surface area contributed by atoms with Crippen LogP contribution in [0.4, 0.5) is 0 Å². The van der Waals surface area contributed by atoms with Crippen molar-refractivity contribution >= 4 is 29.1 Å². The van der Waals surface area contributed by atoms with Crippen LogP contribution in [0, 0.1) is 0 Å². The van der Waals surface area contributed by atoms with Gasteiger partial charge in [-0.2, -0.15) is 0 Å². The number of aromatic nitrogens is 2. The Labute approximate surface area is 120 Å². The second-order valence-electron chi connectivity index (χ2n) is 4.37. The number of amides is 1. The van der Waals surface area contributed by atoms with Gasteiger partial charge in [0.2, 0.25) is 5.91 Å². The largest absolute Gasteiger partial charge is 0.481 e. The highest BCUT2D eigenvalue weighted by molar-refractivity contribution is 6.30. The highest BCUT2D eigenvalue weighted by Gasteiger charge is 2.07. The summed E-state index contributed by atoms with van der Waals surface area (Å²) in [6, 6.07) is 3.51. The number of hydrogen-bond acceptors (Lipinski definition) is 3. The fourth-order valence-corrected chi connectivity index (χ4v) is 1.96. The van der Waals surface area contributed by atoms with E-state index in [0.29, 0.717) is 23.7 Å². The molecule has 2 aromatic heterocycles. The molecule has 106 valence electrons. The van der Waals surface area contributed by atoms with Crippen LogP contribution in [0.2, 0.25) is 5.02 Å². The first-order chi connectivity index (χ1) is 9.54. The number of pyridine rings is 1. The number of hydrogen-bond donors (Lipinski definition) is 2. The van der Waals surface area contributed by atoms with Crippen LogP contribution in [0.1, 0.15) is 18.5 Å². The standard InChI is InChI=1S/C13H14ClN3O3/c14-9-3-4-11-16-10(8-17(11)7-9)6-12(18)15-5-1-2-13(19)20/h3-4,7-8H,1-2,5-6H2,(H,15,18)(H,19,20). The van der Waals surface area contributed by atoms with Crippen molar-refractivity contribution in [2.24, 2.45) is 0 Å². The van der Waals surface area contributed by atoms with E-state index < -0.39 is 5.97 Å². The average Bonchev–Trinajstić information content (AvgIpc) is 2.75. The van der Waals surface area contributed by atoms with Gasteiger partial charge in [0, 0.05) is 25.4 Å². The molecule has 1 amide bonds. The maximum atomic E-state index is 11.7. The molecule has 0 aromatic carbocycles. The molecule has 0 aliphatic heterocycles. The lowest BCUT2D eigenvalue weighted by molar-refractivity contribution is -0.137. The monoisotopic (exact) mass is 295 g/mol. The number of carboxylic acids is 1. The van der Waals surface area contributed by atoms with Crippen LogP contribution in [-0.4, -0.2) is 32.9 Å². The van der Waals surface area contributed by atoms with Crippen LogP contribution in [0.3, 0.4) is 0 Å². The van der Waals surface area contributed by atoms with Crippen LogP contribution in [0.5, 0.6) is 0 Å². The summed E-state index contributed by atoms with van der Waals surface area (Å²) >= 11 is 5.87. The Balaban J connectivity index is 1.88. The molecule has 0 spiro atoms. The first-order valence-electron chi connectivity index (χ1n) is 6.16. The van der Waals surface area contributed by atoms with Crippen LogP contribution >= 0.6 is 11.6 Å². The molecule has 0 radical (unpaired) electrons. The topological polar surface area (TPSA) is 83.7 Å². The highest BCUT2D eigenvalue weighted by Crippen LogP contribution is 2.11. The molecule has 0 saturated heterocycles. The van der Waals surface area contributed by atoms with Crippen molar-refractivity contribution in [2.75, 3.05) is 6.54 Å². The van der Waals surface area contributed by atoms with Gasteiger partial charge in [0.05, 0.1) is 17.1 Å². The SMILES string of the molecule is O=C(O)CCCNC(=O)Cc1cn2cc(Cl)ccc2n1. The molecule has 0 unspecified atom stereocenters. The first-order valence-corrected chi connectivity index (χ1v) is 6.54. The molecule has 0 aliphatic carbocycles. The minimum absolute atomic E-state index is 0.0488. The molecular weight excluding hydrogens is 282 g/mol. The molecule has 2 aromatic rings. The molecule has 2 heterocycles. The Kier molecular flexibility index (Phi) is 4.57. The number of nitrogens with zero attached hydrogens (tertiary/aromatic N) is 2. The van der Waals surface area contributed by atoms with E-state index in [-0.39, 0.29) is 18.7 Å². The van der Waals surface area contributed by atoms with E-state index in [4.69, 9.17) is 16.7 Å². The van der Waals surface area contributed by atoms with Crippen LogP contribution in [0.25, 0.3) is 5.65 Å². The molecule has 6 nitrogen and oxygen atoms in total. The molecule has 2 N–H and O–H groups in total. The number of rotatable bonds is 6. The second-order valence-corrected chi connectivity index (χ2v) is 4.81. The van der Waals surface area contributed by atoms with Gasteiger partial charge < -0.3 is 14.8 Å². The van der Waals surface area contributed by atoms with Gasteiger partial charge in [-0.05, 0) is 18.6 Å². The first kappa shape index (κ1) is 14.3. The average molecular weight is 296 g/mol. The summed E-state index contributed by atoms with van der Waals surface area (Å²) in [4.78, 5) is 26.3. The second kappa shape index (κ2) is 6.38. The summed E-state index contributed by atoms with van der Waals surface area (Å²) in [5.41, 5.74) is 1.37. The summed E-state index contributed by atoms with van der Waals surface area (Å²) in [6.07, 6.45) is 4.09. The van der Waals surface area contributed by atoms with E-state index in [1.807, 2.05) is 0 Å². The lowest BCUT2D eigenvalue weighted by Gasteiger charge is -2.01. The smallest absolute Gasteiger partial charge is 0.303 e. The molecule has 0 fully saturated rings. The van der Waals surface area contributed by atoms with E-state index in [9.17, 15) is 9.59 Å². The number of nitrogens with one attached hydrogen (secondary N) is 1. The van der Waals surface area contributed by atoms with Crippen LogP contribution < -0.4 is 5.32 Å². The van der Waals surface area contributed by atoms with Crippen molar-refractivity contribution in [2.45, 2.75) is 19.3 Å². The summed E-state index contributed by atoms with van der Waals surface area (Å²) in [6.45, 7) is 0.352. The minimum Gasteiger partial charge on any atom is -0.481 e. The summed E-state index contributed by atoms with van der Waals surface area (Å²) < 4.78 is 1.76. The Hall–Kier alpha value is -2.08. The number of carbonyl (C=O) groups is 2. The number of fused-ring (bicyclic) bond motifs is 1. The summed E-state index contributed by atoms with van der Waals surface area (Å²) in [5, 5.41) is 11.7. The van der Waals surface area contributed by atoms with Gasteiger partial charge >= 0.3 is 5.97 Å². The number of carboxylic acid groups (broad SMARTS) is 1. The van der Waals surface area contributed by atoms with Crippen molar-refractivity contribution in [1.29, 1.82) is 0 Å². The fourth-order valence-electron chi connectivity index (χ4n) is 1.80. The van der Waals surface area contributed by atoms with Gasteiger partial charge in [-0.1, -0.05) is 11.6 Å². The molecule has 20 heavy (non-hydrogen) atoms. The molecule has 2 rings (SSSR count). The lowest BCUT2D eigenvalue weighted by Crippen LogP contribution is -2.26. The van der Waals surface area contributed by atoms with E-state index >= 15 is 0 Å². The zero-order valence-corrected chi connectivity index (χ0v) is 11.4. The zero-order valence-electron chi connectivity index (χ0n) is 10.7. The van der Waals surface area contributed by atoms with Gasteiger partial charge in [-0.15, -0.1) is 0 Å². The lowest BCUT2D eigenvalue weighted by atomic mass is 10.3. The van der Waals surface area contributed by atoms with Crippen molar-refractivity contribution in [3.05, 3.63) is 35.2 Å². The predicted octanol–water partition coefficient (Wildman–Crippen LogP) is 1.51. The summed E-state index contributed by atoms with van der Waals surface area (Å²) in [5.74, 6) is -1.04. The van der Waals surface area contributed by atoms with Crippen LogP contribution in [-0.2, 0) is 16.0 Å². The fraction of sp³-hybridized carbons (Fsp3) is 0.308. The van der Waals surface area contributed by atoms with Crippen LogP contribution in [0.15, 0.2) is 24.5 Å². The van der Waals surface area contributed by atoms with Gasteiger partial charge in [0.15, 0.2) is 0 Å². The van der Waals surface area contributed by atoms with E-state index in [1.54, 1.807) is 28.9 Å². The van der Waals surface area contributed by atoms with Crippen molar-refractivity contribution in [3.63, 3.8) is 0 Å². The van der Waals surface area contributed by atoms with Gasteiger partial charge in [-0.3, -0.25) is 9.59 Å². The normalized spacial score (nSPS) is 10.7. The summed E-state index contributed by atoms with van der Waals surface area (Å²) in [7, 11) is 0. The molecular formula is C13H14ClN3O3. The molecule has 0 saturated carbocycles. The Morgan fingerprint density at radius 2 is 2.15 bits per heavy atom. The molecule has 0 aliphatic rings. The highest BCUT2D eigenvalue weighted by atomic mass is 35.5. The molecule has 7 heteroatoms. The van der Waals surface area contributed by atoms with Crippen molar-refractivity contribution in [1.82, 2.24) is 14.7 Å². The van der Waals surface area contributed by atoms with Crippen molar-refractivity contribution < 1.29 is 14.7 Å². The quantitative estimate of drug-likeness (QED) is 0.791. The minimum atomic E-state index is -0.864. The van der Waals surface area contributed by atoms with E-state index in [1.165, 1.54) is 0 Å². The zero-order chi connectivity index (χ0) is 14.5. The Morgan fingerprint density at radius 3 is 2.90 bits per heavy atom. The van der Waals surface area contributed by atoms with Gasteiger partial charge in [0.25, 0.3) is 0 Å². The third-order valence-electron chi connectivity index (χ3n) is 2.70. The number of aliphatic carboxylic acids is 1. The van der Waals surface area contributed by atoms with Gasteiger partial charge in [0.1, 0.15) is 5.65 Å². The third kappa shape index (κ3) is 3.96. The number of halogens is 1. The predicted molar refractivity (Wildman–Crippen MR) is 73.8 cm³/mol. The maximum absolute atomic E-state index is 11.7. The molecule has 0 atom stereocenters. The molecule has 0 bridgehead atoms. The van der Waals surface area contributed by atoms with E-state index in [0.717, 1.165) is 5.65 Å². The third-order valence-corrected chi connectivity index (χ3v) is 2.92. The number of carbonyl (C=O) groups excluding carboxylic acids is 1. The maximum Gasteiger partial charge on any atom is 0.303 e. The number of imidazole rings is 1. The van der Waals surface area contributed by atoms with E-state index in [2.05, 4.69) is 10.3 Å². The Bertz CT molecular complexity index is 639.